The first kappa shape index (κ1) is 27.2. The number of guanidine groups is 1. The standard InChI is InChI=1S/C22H30FN3O3S.HI/c1-5-24-22(25-11-12-29-21-16(2)7-6-8-17(21)3)26-14-19-13-20(23)10-9-18(19)15-30(4,27)28;/h6-10,13H,5,11-12,14-15H2,1-4H3,(H2,24,25,26);1H. The van der Waals surface area contributed by atoms with Gasteiger partial charge in [-0.05, 0) is 55.2 Å². The lowest BCUT2D eigenvalue weighted by molar-refractivity contribution is 0.317. The van der Waals surface area contributed by atoms with Gasteiger partial charge in [0.25, 0.3) is 0 Å². The molecule has 2 rings (SSSR count). The first-order chi connectivity index (χ1) is 14.2. The van der Waals surface area contributed by atoms with E-state index in [1.54, 1.807) is 0 Å². The topological polar surface area (TPSA) is 79.8 Å². The zero-order valence-corrected chi connectivity index (χ0v) is 21.5. The Labute approximate surface area is 201 Å². The molecule has 0 saturated carbocycles. The average Bonchev–Trinajstić information content (AvgIpc) is 2.65. The van der Waals surface area contributed by atoms with Gasteiger partial charge in [0.2, 0.25) is 0 Å². The van der Waals surface area contributed by atoms with Crippen molar-refractivity contribution in [1.82, 2.24) is 10.6 Å². The Balaban J connectivity index is 0.00000480. The average molecular weight is 563 g/mol. The van der Waals surface area contributed by atoms with E-state index in [0.29, 0.717) is 36.8 Å². The number of halogens is 2. The normalized spacial score (nSPS) is 11.6. The third kappa shape index (κ3) is 9.42. The fraction of sp³-hybridized carbons (Fsp3) is 0.409. The molecule has 2 N–H and O–H groups in total. The van der Waals surface area contributed by atoms with Gasteiger partial charge >= 0.3 is 0 Å². The Bertz CT molecular complexity index is 977. The number of aliphatic imine (C=N–C) groups is 1. The van der Waals surface area contributed by atoms with E-state index in [1.165, 1.54) is 18.2 Å². The van der Waals surface area contributed by atoms with Gasteiger partial charge in [-0.25, -0.2) is 17.8 Å². The Morgan fingerprint density at radius 1 is 1.10 bits per heavy atom. The molecular formula is C22H31FIN3O3S. The fourth-order valence-corrected chi connectivity index (χ4v) is 3.87. The summed E-state index contributed by atoms with van der Waals surface area (Å²) in [5.41, 5.74) is 3.27. The SMILES string of the molecule is CCNC(=NCc1cc(F)ccc1CS(C)(=O)=O)NCCOc1c(C)cccc1C.I. The number of benzene rings is 2. The van der Waals surface area contributed by atoms with E-state index in [-0.39, 0.29) is 36.3 Å². The molecule has 0 saturated heterocycles. The van der Waals surface area contributed by atoms with Crippen molar-refractivity contribution in [1.29, 1.82) is 0 Å². The number of ether oxygens (including phenoxy) is 1. The predicted octanol–water partition coefficient (Wildman–Crippen LogP) is 3.74. The van der Waals surface area contributed by atoms with Crippen LogP contribution in [0, 0.1) is 19.7 Å². The molecule has 0 unspecified atom stereocenters. The highest BCUT2D eigenvalue weighted by Crippen LogP contribution is 2.22. The lowest BCUT2D eigenvalue weighted by Crippen LogP contribution is -2.39. The van der Waals surface area contributed by atoms with Crippen LogP contribution in [0.3, 0.4) is 0 Å². The van der Waals surface area contributed by atoms with Crippen molar-refractivity contribution in [2.75, 3.05) is 26.0 Å². The maximum Gasteiger partial charge on any atom is 0.191 e. The summed E-state index contributed by atoms with van der Waals surface area (Å²) < 4.78 is 42.9. The number of nitrogens with zero attached hydrogens (tertiary/aromatic N) is 1. The summed E-state index contributed by atoms with van der Waals surface area (Å²) in [5, 5.41) is 6.31. The van der Waals surface area contributed by atoms with Crippen LogP contribution in [0.2, 0.25) is 0 Å². The minimum Gasteiger partial charge on any atom is -0.491 e. The van der Waals surface area contributed by atoms with Gasteiger partial charge in [-0.3, -0.25) is 0 Å². The molecule has 0 aliphatic heterocycles. The molecule has 0 atom stereocenters. The number of nitrogens with one attached hydrogen (secondary N) is 2. The highest BCUT2D eigenvalue weighted by atomic mass is 127. The van der Waals surface area contributed by atoms with Crippen LogP contribution in [0.25, 0.3) is 0 Å². The summed E-state index contributed by atoms with van der Waals surface area (Å²) in [6.07, 6.45) is 1.16. The van der Waals surface area contributed by atoms with Gasteiger partial charge in [0.15, 0.2) is 15.8 Å². The zero-order chi connectivity index (χ0) is 22.1. The van der Waals surface area contributed by atoms with Crippen molar-refractivity contribution in [3.8, 4) is 5.75 Å². The van der Waals surface area contributed by atoms with E-state index in [9.17, 15) is 12.8 Å². The Kier molecular flexibility index (Phi) is 11.3. The number of rotatable bonds is 9. The van der Waals surface area contributed by atoms with Crippen molar-refractivity contribution >= 4 is 39.8 Å². The monoisotopic (exact) mass is 563 g/mol. The molecule has 0 spiro atoms. The summed E-state index contributed by atoms with van der Waals surface area (Å²) in [5.74, 6) is 0.868. The van der Waals surface area contributed by atoms with E-state index in [2.05, 4.69) is 15.6 Å². The molecule has 0 aliphatic carbocycles. The number of hydrogen-bond acceptors (Lipinski definition) is 4. The summed E-state index contributed by atoms with van der Waals surface area (Å²) in [7, 11) is -3.23. The van der Waals surface area contributed by atoms with Gasteiger partial charge in [0, 0.05) is 12.8 Å². The molecule has 172 valence electrons. The molecule has 0 amide bonds. The third-order valence-electron chi connectivity index (χ3n) is 4.39. The molecule has 0 fully saturated rings. The van der Waals surface area contributed by atoms with Gasteiger partial charge in [0.05, 0.1) is 18.8 Å². The third-order valence-corrected chi connectivity index (χ3v) is 5.22. The van der Waals surface area contributed by atoms with Crippen molar-refractivity contribution in [2.24, 2.45) is 4.99 Å². The number of aryl methyl sites for hydroxylation is 2. The Morgan fingerprint density at radius 2 is 1.77 bits per heavy atom. The van der Waals surface area contributed by atoms with Crippen molar-refractivity contribution in [3.63, 3.8) is 0 Å². The lowest BCUT2D eigenvalue weighted by atomic mass is 10.1. The molecule has 0 aromatic heterocycles. The number of para-hydroxylation sites is 1. The van der Waals surface area contributed by atoms with Crippen molar-refractivity contribution < 1.29 is 17.5 Å². The minimum atomic E-state index is -3.23. The molecule has 0 bridgehead atoms. The Morgan fingerprint density at radius 3 is 2.39 bits per heavy atom. The molecular weight excluding hydrogens is 532 g/mol. The summed E-state index contributed by atoms with van der Waals surface area (Å²) in [4.78, 5) is 4.47. The first-order valence-electron chi connectivity index (χ1n) is 9.86. The number of hydrogen-bond donors (Lipinski definition) is 2. The van der Waals surface area contributed by atoms with E-state index in [1.807, 2.05) is 39.0 Å². The van der Waals surface area contributed by atoms with E-state index < -0.39 is 15.7 Å². The zero-order valence-electron chi connectivity index (χ0n) is 18.4. The van der Waals surface area contributed by atoms with Crippen LogP contribution in [-0.2, 0) is 22.1 Å². The van der Waals surface area contributed by atoms with Gasteiger partial charge in [-0.15, -0.1) is 24.0 Å². The maximum absolute atomic E-state index is 13.7. The van der Waals surface area contributed by atoms with Crippen LogP contribution in [0.5, 0.6) is 5.75 Å². The van der Waals surface area contributed by atoms with Gasteiger partial charge in [0.1, 0.15) is 18.2 Å². The molecule has 2 aromatic rings. The summed E-state index contributed by atoms with van der Waals surface area (Å²) in [6.45, 7) is 7.76. The molecule has 0 aliphatic rings. The molecule has 9 heteroatoms. The molecule has 31 heavy (non-hydrogen) atoms. The van der Waals surface area contributed by atoms with Crippen LogP contribution in [0.1, 0.15) is 29.2 Å². The van der Waals surface area contributed by atoms with Crippen molar-refractivity contribution in [3.05, 3.63) is 64.5 Å². The quantitative estimate of drug-likeness (QED) is 0.211. The van der Waals surface area contributed by atoms with Crippen LogP contribution in [0.4, 0.5) is 4.39 Å². The first-order valence-corrected chi connectivity index (χ1v) is 11.9. The van der Waals surface area contributed by atoms with E-state index >= 15 is 0 Å². The van der Waals surface area contributed by atoms with Crippen LogP contribution in [-0.4, -0.2) is 40.3 Å². The minimum absolute atomic E-state index is 0. The second kappa shape index (κ2) is 12.8. The second-order valence-corrected chi connectivity index (χ2v) is 9.31. The number of sulfone groups is 1. The second-order valence-electron chi connectivity index (χ2n) is 7.17. The van der Waals surface area contributed by atoms with Crippen molar-refractivity contribution in [2.45, 2.75) is 33.1 Å². The molecule has 0 heterocycles. The van der Waals surface area contributed by atoms with E-state index in [0.717, 1.165) is 23.1 Å². The largest absolute Gasteiger partial charge is 0.491 e. The molecule has 0 radical (unpaired) electrons. The smallest absolute Gasteiger partial charge is 0.191 e. The van der Waals surface area contributed by atoms with Crippen LogP contribution in [0.15, 0.2) is 41.4 Å². The highest BCUT2D eigenvalue weighted by molar-refractivity contribution is 14.0. The summed E-state index contributed by atoms with van der Waals surface area (Å²) in [6, 6.07) is 10.1. The van der Waals surface area contributed by atoms with Gasteiger partial charge in [-0.2, -0.15) is 0 Å². The summed E-state index contributed by atoms with van der Waals surface area (Å²) >= 11 is 0. The van der Waals surface area contributed by atoms with Gasteiger partial charge < -0.3 is 15.4 Å². The predicted molar refractivity (Wildman–Crippen MR) is 135 cm³/mol. The molecule has 2 aromatic carbocycles. The van der Waals surface area contributed by atoms with Gasteiger partial charge in [-0.1, -0.05) is 24.3 Å². The van der Waals surface area contributed by atoms with Crippen LogP contribution >= 0.6 is 24.0 Å². The fourth-order valence-electron chi connectivity index (χ4n) is 3.02. The lowest BCUT2D eigenvalue weighted by Gasteiger charge is -2.15. The van der Waals surface area contributed by atoms with E-state index in [4.69, 9.17) is 4.74 Å². The maximum atomic E-state index is 13.7. The molecule has 6 nitrogen and oxygen atoms in total. The highest BCUT2D eigenvalue weighted by Gasteiger charge is 2.11. The Hall–Kier alpha value is -1.88. The van der Waals surface area contributed by atoms with Crippen LogP contribution < -0.4 is 15.4 Å².